The van der Waals surface area contributed by atoms with E-state index in [1.807, 2.05) is 19.1 Å². The van der Waals surface area contributed by atoms with Crippen LogP contribution in [0.4, 0.5) is 10.5 Å². The minimum atomic E-state index is -1.08. The molecule has 0 fully saturated rings. The van der Waals surface area contributed by atoms with Gasteiger partial charge in [0.1, 0.15) is 0 Å². The zero-order valence-electron chi connectivity index (χ0n) is 14.9. The quantitative estimate of drug-likeness (QED) is 0.765. The topological polar surface area (TPSA) is 109 Å². The molecule has 0 spiro atoms. The number of nitrogens with one attached hydrogen (secondary N) is 2. The van der Waals surface area contributed by atoms with E-state index in [0.29, 0.717) is 24.2 Å². The van der Waals surface area contributed by atoms with E-state index < -0.39 is 12.1 Å². The molecule has 2 atom stereocenters. The van der Waals surface area contributed by atoms with Gasteiger partial charge in [0, 0.05) is 24.7 Å². The third kappa shape index (κ3) is 3.68. The van der Waals surface area contributed by atoms with Gasteiger partial charge in [0.25, 0.3) is 0 Å². The maximum absolute atomic E-state index is 12.6. The molecule has 1 aliphatic heterocycles. The molecule has 2 aromatic heterocycles. The molecule has 3 heterocycles. The highest BCUT2D eigenvalue weighted by Gasteiger charge is 2.23. The zero-order valence-corrected chi connectivity index (χ0v) is 14.9. The van der Waals surface area contributed by atoms with Crippen LogP contribution in [-0.2, 0) is 11.8 Å². The Hall–Kier alpha value is -2.90. The number of hydrogen-bond acceptors (Lipinski definition) is 4. The minimum absolute atomic E-state index is 0.0284. The number of carbonyl (C=O) groups excluding carboxylic acids is 1. The van der Waals surface area contributed by atoms with E-state index in [0.717, 1.165) is 24.1 Å². The number of rotatable bonds is 2. The van der Waals surface area contributed by atoms with Gasteiger partial charge < -0.3 is 15.7 Å². The van der Waals surface area contributed by atoms with Crippen LogP contribution < -0.4 is 10.6 Å². The number of aromatic nitrogens is 3. The lowest BCUT2D eigenvalue weighted by molar-refractivity contribution is -0.120. The first-order chi connectivity index (χ1) is 12.5. The van der Waals surface area contributed by atoms with Crippen LogP contribution in [-0.4, -0.2) is 31.9 Å². The molecular formula is C18H23N5O3. The van der Waals surface area contributed by atoms with Gasteiger partial charge >= 0.3 is 6.09 Å². The highest BCUT2D eigenvalue weighted by molar-refractivity contribution is 5.96. The number of fused-ring (bicyclic) bond motifs is 4. The van der Waals surface area contributed by atoms with E-state index in [1.54, 1.807) is 24.1 Å². The summed E-state index contributed by atoms with van der Waals surface area (Å²) in [4.78, 5) is 28.2. The lowest BCUT2D eigenvalue weighted by atomic mass is 9.94. The lowest BCUT2D eigenvalue weighted by Crippen LogP contribution is -2.28. The van der Waals surface area contributed by atoms with Crippen LogP contribution in [0.2, 0.25) is 0 Å². The maximum Gasteiger partial charge on any atom is 0.405 e. The fourth-order valence-corrected chi connectivity index (χ4v) is 3.42. The van der Waals surface area contributed by atoms with Crippen LogP contribution in [0.25, 0.3) is 11.3 Å². The fourth-order valence-electron chi connectivity index (χ4n) is 3.42. The Bertz CT molecular complexity index is 817. The van der Waals surface area contributed by atoms with Crippen molar-refractivity contribution < 1.29 is 14.7 Å². The molecule has 3 N–H and O–H groups in total. The third-order valence-corrected chi connectivity index (χ3v) is 4.81. The number of anilines is 1. The summed E-state index contributed by atoms with van der Waals surface area (Å²) in [7, 11) is 1.81. The van der Waals surface area contributed by atoms with Crippen molar-refractivity contribution in [3.63, 3.8) is 0 Å². The van der Waals surface area contributed by atoms with Gasteiger partial charge in [-0.2, -0.15) is 5.10 Å². The second-order valence-electron chi connectivity index (χ2n) is 6.53. The molecule has 3 rings (SSSR count). The zero-order chi connectivity index (χ0) is 18.7. The summed E-state index contributed by atoms with van der Waals surface area (Å²) in [6.45, 7) is 1.98. The van der Waals surface area contributed by atoms with Crippen molar-refractivity contribution in [1.82, 2.24) is 20.1 Å². The van der Waals surface area contributed by atoms with Crippen molar-refractivity contribution >= 4 is 17.7 Å². The number of hydrogen-bond donors (Lipinski definition) is 3. The van der Waals surface area contributed by atoms with E-state index in [9.17, 15) is 14.7 Å². The maximum atomic E-state index is 12.6. The summed E-state index contributed by atoms with van der Waals surface area (Å²) in [6, 6.07) is 3.27. The number of amides is 2. The van der Waals surface area contributed by atoms with Crippen molar-refractivity contribution in [2.75, 3.05) is 5.32 Å². The highest BCUT2D eigenvalue weighted by Crippen LogP contribution is 2.31. The van der Waals surface area contributed by atoms with Gasteiger partial charge in [-0.25, -0.2) is 4.79 Å². The highest BCUT2D eigenvalue weighted by atomic mass is 16.4. The van der Waals surface area contributed by atoms with Crippen LogP contribution in [0, 0.1) is 5.92 Å². The molecule has 0 radical (unpaired) electrons. The van der Waals surface area contributed by atoms with E-state index in [4.69, 9.17) is 0 Å². The normalized spacial score (nSPS) is 20.3. The monoisotopic (exact) mass is 357 g/mol. The van der Waals surface area contributed by atoms with Gasteiger partial charge in [-0.05, 0) is 31.4 Å². The van der Waals surface area contributed by atoms with Gasteiger partial charge in [-0.15, -0.1) is 0 Å². The van der Waals surface area contributed by atoms with Crippen molar-refractivity contribution in [2.45, 2.75) is 38.6 Å². The summed E-state index contributed by atoms with van der Waals surface area (Å²) in [5.74, 6) is -0.154. The number of aryl methyl sites for hydroxylation is 1. The molecule has 2 bridgehead atoms. The molecule has 0 unspecified atom stereocenters. The van der Waals surface area contributed by atoms with Gasteiger partial charge in [-0.3, -0.25) is 14.5 Å². The average molecular weight is 357 g/mol. The molecule has 138 valence electrons. The molecule has 1 aliphatic rings. The van der Waals surface area contributed by atoms with Crippen LogP contribution >= 0.6 is 0 Å². The Balaban J connectivity index is 2.08. The number of pyridine rings is 1. The number of carbonyl (C=O) groups is 2. The smallest absolute Gasteiger partial charge is 0.405 e. The molecule has 0 saturated heterocycles. The standard InChI is InChI=1S/C18H23N5O3/c1-3-11-5-4-6-13(22-18(25)26)14-9-12(7-8-19-14)16-15(21-17(11)24)10-20-23(16)2/h7-11,13,22H,3-6H2,1-2H3,(H,21,24)(H,25,26)/t11-,13+/m1/s1. The van der Waals surface area contributed by atoms with E-state index in [2.05, 4.69) is 20.7 Å². The molecule has 2 amide bonds. The number of carboxylic acid groups (broad SMARTS) is 1. The van der Waals surface area contributed by atoms with Gasteiger partial charge in [0.15, 0.2) is 0 Å². The molecular weight excluding hydrogens is 334 g/mol. The van der Waals surface area contributed by atoms with Crippen molar-refractivity contribution in [2.24, 2.45) is 13.0 Å². The van der Waals surface area contributed by atoms with Crippen LogP contribution in [0.1, 0.15) is 44.3 Å². The van der Waals surface area contributed by atoms with Crippen LogP contribution in [0.3, 0.4) is 0 Å². The van der Waals surface area contributed by atoms with Crippen molar-refractivity contribution in [3.8, 4) is 11.3 Å². The predicted molar refractivity (Wildman–Crippen MR) is 96.6 cm³/mol. The molecule has 8 heteroatoms. The Kier molecular flexibility index (Phi) is 5.20. The van der Waals surface area contributed by atoms with Gasteiger partial charge in [0.05, 0.1) is 29.3 Å². The van der Waals surface area contributed by atoms with Crippen molar-refractivity contribution in [3.05, 3.63) is 30.2 Å². The Labute approximate surface area is 151 Å². The first kappa shape index (κ1) is 17.9. The summed E-state index contributed by atoms with van der Waals surface area (Å²) in [6.07, 6.45) is 4.93. The lowest BCUT2D eigenvalue weighted by Gasteiger charge is -2.21. The molecule has 0 aliphatic carbocycles. The minimum Gasteiger partial charge on any atom is -0.465 e. The molecule has 8 nitrogen and oxygen atoms in total. The summed E-state index contributed by atoms with van der Waals surface area (Å²) < 4.78 is 1.70. The Morgan fingerprint density at radius 2 is 2.27 bits per heavy atom. The molecule has 26 heavy (non-hydrogen) atoms. The first-order valence-electron chi connectivity index (χ1n) is 8.78. The number of nitrogens with zero attached hydrogens (tertiary/aromatic N) is 3. The summed E-state index contributed by atoms with van der Waals surface area (Å²) in [5.41, 5.74) is 2.91. The molecule has 0 aromatic carbocycles. The van der Waals surface area contributed by atoms with E-state index in [-0.39, 0.29) is 11.8 Å². The Morgan fingerprint density at radius 3 is 3.00 bits per heavy atom. The Morgan fingerprint density at radius 1 is 1.46 bits per heavy atom. The van der Waals surface area contributed by atoms with Crippen molar-refractivity contribution in [1.29, 1.82) is 0 Å². The SMILES string of the molecule is CC[C@@H]1CCC[C@H](NC(=O)O)c2cc(ccn2)-c2c(cnn2C)NC1=O. The van der Waals surface area contributed by atoms with Gasteiger partial charge in [-0.1, -0.05) is 13.3 Å². The van der Waals surface area contributed by atoms with Crippen LogP contribution in [0.15, 0.2) is 24.5 Å². The largest absolute Gasteiger partial charge is 0.465 e. The van der Waals surface area contributed by atoms with Gasteiger partial charge in [0.2, 0.25) is 5.91 Å². The summed E-state index contributed by atoms with van der Waals surface area (Å²) >= 11 is 0. The van der Waals surface area contributed by atoms with Crippen LogP contribution in [0.5, 0.6) is 0 Å². The molecule has 0 saturated carbocycles. The van der Waals surface area contributed by atoms with E-state index >= 15 is 0 Å². The fraction of sp³-hybridized carbons (Fsp3) is 0.444. The average Bonchev–Trinajstić information content (AvgIpc) is 2.96. The predicted octanol–water partition coefficient (Wildman–Crippen LogP) is 2.94. The third-order valence-electron chi connectivity index (χ3n) is 4.81. The molecule has 2 aromatic rings. The summed E-state index contributed by atoms with van der Waals surface area (Å²) in [5, 5.41) is 19.0. The van der Waals surface area contributed by atoms with E-state index in [1.165, 1.54) is 0 Å². The first-order valence-corrected chi connectivity index (χ1v) is 8.78. The second-order valence-corrected chi connectivity index (χ2v) is 6.53. The second kappa shape index (κ2) is 7.55.